The quantitative estimate of drug-likeness (QED) is 0.441. The van der Waals surface area contributed by atoms with Crippen molar-refractivity contribution >= 4 is 23.0 Å². The van der Waals surface area contributed by atoms with E-state index in [1.165, 1.54) is 30.5 Å². The Balaban J connectivity index is 1.65. The van der Waals surface area contributed by atoms with Crippen molar-refractivity contribution in [2.24, 2.45) is 0 Å². The third kappa shape index (κ3) is 2.69. The lowest BCUT2D eigenvalue weighted by molar-refractivity contribution is 0.195. The van der Waals surface area contributed by atoms with Gasteiger partial charge in [0, 0.05) is 11.1 Å². The average Bonchev–Trinajstić information content (AvgIpc) is 2.95. The molecule has 1 saturated carbocycles. The van der Waals surface area contributed by atoms with E-state index >= 15 is 0 Å². The molecule has 0 saturated heterocycles. The molecular formula is C26H26ClNO. The Kier molecular flexibility index (Phi) is 4.36. The van der Waals surface area contributed by atoms with Gasteiger partial charge < -0.3 is 9.64 Å². The van der Waals surface area contributed by atoms with Gasteiger partial charge in [-0.15, -0.1) is 0 Å². The minimum atomic E-state index is -0.00997. The molecule has 2 aliphatic rings. The summed E-state index contributed by atoms with van der Waals surface area (Å²) in [7, 11) is 0. The maximum Gasteiger partial charge on any atom is 0.148 e. The highest BCUT2D eigenvalue weighted by atomic mass is 35.5. The number of nitrogens with zero attached hydrogens (tertiary/aromatic N) is 1. The molecule has 5 rings (SSSR count). The second kappa shape index (κ2) is 6.81. The monoisotopic (exact) mass is 403 g/mol. The van der Waals surface area contributed by atoms with Crippen LogP contribution in [0.3, 0.4) is 0 Å². The summed E-state index contributed by atoms with van der Waals surface area (Å²) in [6.45, 7) is 4.84. The second-order valence-electron chi connectivity index (χ2n) is 8.67. The van der Waals surface area contributed by atoms with Crippen molar-refractivity contribution in [3.63, 3.8) is 0 Å². The van der Waals surface area contributed by atoms with E-state index in [9.17, 15) is 0 Å². The van der Waals surface area contributed by atoms with E-state index in [2.05, 4.69) is 49.1 Å². The molecule has 0 N–H and O–H groups in total. The van der Waals surface area contributed by atoms with Crippen molar-refractivity contribution < 1.29 is 4.74 Å². The van der Waals surface area contributed by atoms with Crippen LogP contribution in [0.25, 0.3) is 0 Å². The van der Waals surface area contributed by atoms with Gasteiger partial charge in [-0.3, -0.25) is 0 Å². The van der Waals surface area contributed by atoms with E-state index in [0.29, 0.717) is 10.8 Å². The number of halogens is 1. The first-order valence-corrected chi connectivity index (χ1v) is 10.8. The summed E-state index contributed by atoms with van der Waals surface area (Å²) in [6, 6.07) is 24.8. The zero-order chi connectivity index (χ0) is 20.1. The molecule has 2 atom stereocenters. The van der Waals surface area contributed by atoms with Gasteiger partial charge in [0.1, 0.15) is 16.5 Å². The Morgan fingerprint density at radius 3 is 2.31 bits per heavy atom. The van der Waals surface area contributed by atoms with Gasteiger partial charge in [0.25, 0.3) is 0 Å². The largest absolute Gasteiger partial charge is 0.456 e. The van der Waals surface area contributed by atoms with Gasteiger partial charge in [-0.2, -0.15) is 0 Å². The van der Waals surface area contributed by atoms with Crippen LogP contribution in [-0.4, -0.2) is 5.54 Å². The van der Waals surface area contributed by atoms with E-state index in [1.54, 1.807) is 0 Å². The van der Waals surface area contributed by atoms with Crippen LogP contribution >= 0.6 is 11.6 Å². The Morgan fingerprint density at radius 2 is 1.48 bits per heavy atom. The number of anilines is 2. The molecule has 0 radical (unpaired) electrons. The number of para-hydroxylation sites is 2. The van der Waals surface area contributed by atoms with Crippen LogP contribution in [0.5, 0.6) is 11.5 Å². The molecular weight excluding hydrogens is 378 g/mol. The molecule has 2 unspecified atom stereocenters. The number of fused-ring (bicyclic) bond motifs is 3. The molecule has 1 heterocycles. The van der Waals surface area contributed by atoms with Gasteiger partial charge >= 0.3 is 0 Å². The highest BCUT2D eigenvalue weighted by molar-refractivity contribution is 6.35. The molecule has 1 aliphatic carbocycles. The van der Waals surface area contributed by atoms with E-state index in [-0.39, 0.29) is 11.0 Å². The summed E-state index contributed by atoms with van der Waals surface area (Å²) < 4.78 is 6.13. The fraction of sp³-hybridized carbons (Fsp3) is 0.308. The van der Waals surface area contributed by atoms with E-state index in [0.717, 1.165) is 17.9 Å². The van der Waals surface area contributed by atoms with Crippen LogP contribution < -0.4 is 9.64 Å². The Morgan fingerprint density at radius 1 is 0.793 bits per heavy atom. The molecule has 29 heavy (non-hydrogen) atoms. The van der Waals surface area contributed by atoms with Crippen molar-refractivity contribution in [3.8, 4) is 11.5 Å². The highest BCUT2D eigenvalue weighted by Crippen LogP contribution is 2.61. The lowest BCUT2D eigenvalue weighted by Crippen LogP contribution is -2.54. The topological polar surface area (TPSA) is 12.5 Å². The van der Waals surface area contributed by atoms with E-state index < -0.39 is 0 Å². The van der Waals surface area contributed by atoms with Crippen LogP contribution in [0, 0.1) is 0 Å². The van der Waals surface area contributed by atoms with Crippen LogP contribution in [0.2, 0.25) is 5.02 Å². The third-order valence-corrected chi connectivity index (χ3v) is 7.55. The van der Waals surface area contributed by atoms with Gasteiger partial charge in [0.05, 0.1) is 11.2 Å². The zero-order valence-electron chi connectivity index (χ0n) is 17.0. The van der Waals surface area contributed by atoms with Crippen LogP contribution in [0.4, 0.5) is 11.4 Å². The lowest BCUT2D eigenvalue weighted by atomic mass is 9.61. The van der Waals surface area contributed by atoms with Crippen molar-refractivity contribution in [3.05, 3.63) is 83.4 Å². The van der Waals surface area contributed by atoms with Gasteiger partial charge in [0.15, 0.2) is 0 Å². The first kappa shape index (κ1) is 18.6. The molecule has 3 aromatic rings. The molecule has 0 aromatic heterocycles. The maximum absolute atomic E-state index is 6.98. The Hall–Kier alpha value is -2.45. The third-order valence-electron chi connectivity index (χ3n) is 7.17. The Bertz CT molecular complexity index is 1050. The number of hydrogen-bond donors (Lipinski definition) is 0. The van der Waals surface area contributed by atoms with Crippen molar-refractivity contribution in [2.45, 2.75) is 50.5 Å². The highest BCUT2D eigenvalue weighted by Gasteiger charge is 2.57. The van der Waals surface area contributed by atoms with Crippen LogP contribution in [0.1, 0.15) is 45.1 Å². The van der Waals surface area contributed by atoms with Gasteiger partial charge in [-0.25, -0.2) is 0 Å². The minimum absolute atomic E-state index is 0.00997. The first-order valence-electron chi connectivity index (χ1n) is 10.5. The van der Waals surface area contributed by atoms with Crippen LogP contribution in [0.15, 0.2) is 72.8 Å². The SMILES string of the molecule is CC12CCCCC1(C)N(c1cccc(Oc3ccccc3)c1Cl)c1ccccc12. The molecule has 0 spiro atoms. The van der Waals surface area contributed by atoms with Gasteiger partial charge in [-0.05, 0) is 55.7 Å². The van der Waals surface area contributed by atoms with E-state index in [1.807, 2.05) is 42.5 Å². The fourth-order valence-corrected chi connectivity index (χ4v) is 5.69. The Labute approximate surface area is 178 Å². The first-order chi connectivity index (χ1) is 14.0. The summed E-state index contributed by atoms with van der Waals surface area (Å²) in [5.74, 6) is 1.49. The summed E-state index contributed by atoms with van der Waals surface area (Å²) in [5, 5.41) is 0.669. The molecule has 3 aromatic carbocycles. The van der Waals surface area contributed by atoms with Crippen molar-refractivity contribution in [1.82, 2.24) is 0 Å². The number of rotatable bonds is 3. The molecule has 3 heteroatoms. The zero-order valence-corrected chi connectivity index (χ0v) is 17.7. The molecule has 0 amide bonds. The standard InChI is InChI=1S/C26H26ClNO/c1-25-17-8-9-18-26(25,2)28(21-14-7-6-13-20(21)25)22-15-10-16-23(24(22)27)29-19-11-4-3-5-12-19/h3-7,10-16H,8-9,17-18H2,1-2H3. The minimum Gasteiger partial charge on any atom is -0.456 e. The van der Waals surface area contributed by atoms with Gasteiger partial charge in [0.2, 0.25) is 0 Å². The fourth-order valence-electron chi connectivity index (χ4n) is 5.44. The molecule has 1 aliphatic heterocycles. The summed E-state index contributed by atoms with van der Waals surface area (Å²) in [4.78, 5) is 2.49. The summed E-state index contributed by atoms with van der Waals surface area (Å²) in [5.41, 5.74) is 3.84. The molecule has 1 fully saturated rings. The second-order valence-corrected chi connectivity index (χ2v) is 9.05. The van der Waals surface area contributed by atoms with Crippen molar-refractivity contribution in [2.75, 3.05) is 4.90 Å². The van der Waals surface area contributed by atoms with Crippen molar-refractivity contribution in [1.29, 1.82) is 0 Å². The molecule has 148 valence electrons. The normalized spacial score (nSPS) is 25.4. The van der Waals surface area contributed by atoms with Crippen LogP contribution in [-0.2, 0) is 5.41 Å². The number of ether oxygens (including phenoxy) is 1. The lowest BCUT2D eigenvalue weighted by Gasteiger charge is -2.50. The predicted octanol–water partition coefficient (Wildman–Crippen LogP) is 7.87. The average molecular weight is 404 g/mol. The number of benzene rings is 3. The van der Waals surface area contributed by atoms with Gasteiger partial charge in [-0.1, -0.05) is 73.8 Å². The molecule has 0 bridgehead atoms. The summed E-state index contributed by atoms with van der Waals surface area (Å²) >= 11 is 6.98. The summed E-state index contributed by atoms with van der Waals surface area (Å²) in [6.07, 6.45) is 4.88. The maximum atomic E-state index is 6.98. The molecule has 2 nitrogen and oxygen atoms in total. The van der Waals surface area contributed by atoms with E-state index in [4.69, 9.17) is 16.3 Å². The number of hydrogen-bond acceptors (Lipinski definition) is 2. The smallest absolute Gasteiger partial charge is 0.148 e. The predicted molar refractivity (Wildman–Crippen MR) is 121 cm³/mol.